The molecular weight excluding hydrogens is 501 g/mol. The van der Waals surface area contributed by atoms with E-state index in [0.29, 0.717) is 22.5 Å². The monoisotopic (exact) mass is 521 g/mol. The zero-order valence-electron chi connectivity index (χ0n) is 16.8. The third kappa shape index (κ3) is 7.50. The normalized spacial score (nSPS) is 12.0. The smallest absolute Gasteiger partial charge is 0.341 e. The number of esters is 1. The van der Waals surface area contributed by atoms with E-state index >= 15 is 0 Å². The van der Waals surface area contributed by atoms with Gasteiger partial charge in [-0.2, -0.15) is 0 Å². The van der Waals surface area contributed by atoms with Gasteiger partial charge < -0.3 is 20.7 Å². The number of rotatable bonds is 8. The number of benzene rings is 1. The number of carbonyl (C=O) groups excluding carboxylic acids is 2. The van der Waals surface area contributed by atoms with Crippen LogP contribution >= 0.6 is 58.4 Å². The molecule has 0 aliphatic carbocycles. The van der Waals surface area contributed by atoms with Crippen molar-refractivity contribution in [3.8, 4) is 11.1 Å². The molecule has 2 aromatic rings. The van der Waals surface area contributed by atoms with Gasteiger partial charge in [0.2, 0.25) is 9.70 Å². The third-order valence-corrected chi connectivity index (χ3v) is 5.74. The van der Waals surface area contributed by atoms with Crippen molar-refractivity contribution in [3.05, 3.63) is 41.3 Å². The lowest BCUT2D eigenvalue weighted by atomic mass is 10.0. The molecule has 1 heterocycles. The minimum Gasteiger partial charge on any atom is -0.462 e. The van der Waals surface area contributed by atoms with E-state index in [1.807, 2.05) is 42.6 Å². The molecule has 1 aromatic heterocycles. The number of thiocarbonyl (C=S) groups is 1. The van der Waals surface area contributed by atoms with Crippen LogP contribution in [-0.2, 0) is 9.53 Å². The topological polar surface area (TPSA) is 79.5 Å². The standard InChI is InChI=1S/C20H22Cl3N3O3S2/c1-3-8-14(27)24-18(20(21,22)23)26-19(30)25-16-15(17(28)29-4-2)13(11-31-16)12-9-6-5-7-10-12/h5-7,9-11,18H,3-4,8H2,1-2H3,(H,24,27)(H2,25,26,30)/t18-/m0/s1. The molecule has 0 saturated heterocycles. The summed E-state index contributed by atoms with van der Waals surface area (Å²) in [5.74, 6) is -0.772. The Morgan fingerprint density at radius 3 is 2.42 bits per heavy atom. The van der Waals surface area contributed by atoms with Crippen molar-refractivity contribution >= 4 is 80.3 Å². The second-order valence-corrected chi connectivity index (χ2v) is 9.99. The van der Waals surface area contributed by atoms with Crippen LogP contribution in [-0.4, -0.2) is 33.6 Å². The molecule has 0 fully saturated rings. The molecule has 1 atom stereocenters. The number of nitrogens with one attached hydrogen (secondary N) is 3. The van der Waals surface area contributed by atoms with Gasteiger partial charge in [-0.3, -0.25) is 4.79 Å². The van der Waals surface area contributed by atoms with Gasteiger partial charge >= 0.3 is 5.97 Å². The Morgan fingerprint density at radius 1 is 1.16 bits per heavy atom. The number of hydrogen-bond donors (Lipinski definition) is 3. The molecule has 0 aliphatic heterocycles. The van der Waals surface area contributed by atoms with Crippen LogP contribution in [0, 0.1) is 0 Å². The van der Waals surface area contributed by atoms with E-state index < -0.39 is 15.9 Å². The van der Waals surface area contributed by atoms with Crippen LogP contribution in [0.25, 0.3) is 11.1 Å². The number of alkyl halides is 3. The molecule has 6 nitrogen and oxygen atoms in total. The van der Waals surface area contributed by atoms with Crippen molar-refractivity contribution in [1.82, 2.24) is 10.6 Å². The maximum absolute atomic E-state index is 12.7. The highest BCUT2D eigenvalue weighted by Crippen LogP contribution is 2.36. The lowest BCUT2D eigenvalue weighted by molar-refractivity contribution is -0.121. The SMILES string of the molecule is CCCC(=O)N[C@@H](NC(=S)Nc1scc(-c2ccccc2)c1C(=O)OCC)C(Cl)(Cl)Cl. The molecule has 0 aliphatic rings. The summed E-state index contributed by atoms with van der Waals surface area (Å²) in [4.78, 5) is 24.6. The van der Waals surface area contributed by atoms with Gasteiger partial charge in [0.1, 0.15) is 16.7 Å². The molecular formula is C20H22Cl3N3O3S2. The van der Waals surface area contributed by atoms with E-state index in [4.69, 9.17) is 51.8 Å². The lowest BCUT2D eigenvalue weighted by Gasteiger charge is -2.27. The summed E-state index contributed by atoms with van der Waals surface area (Å²) < 4.78 is 3.37. The predicted molar refractivity (Wildman–Crippen MR) is 132 cm³/mol. The van der Waals surface area contributed by atoms with E-state index in [1.54, 1.807) is 6.92 Å². The number of amides is 1. The largest absolute Gasteiger partial charge is 0.462 e. The molecule has 2 rings (SSSR count). The number of thiophene rings is 1. The van der Waals surface area contributed by atoms with Crippen molar-refractivity contribution in [1.29, 1.82) is 0 Å². The summed E-state index contributed by atoms with van der Waals surface area (Å²) in [5.41, 5.74) is 1.92. The molecule has 31 heavy (non-hydrogen) atoms. The number of hydrogen-bond acceptors (Lipinski definition) is 5. The van der Waals surface area contributed by atoms with E-state index in [1.165, 1.54) is 11.3 Å². The Hall–Kier alpha value is -1.58. The highest BCUT2D eigenvalue weighted by molar-refractivity contribution is 7.80. The molecule has 0 bridgehead atoms. The van der Waals surface area contributed by atoms with E-state index in [0.717, 1.165) is 5.56 Å². The number of ether oxygens (including phenoxy) is 1. The summed E-state index contributed by atoms with van der Waals surface area (Å²) in [7, 11) is 0. The van der Waals surface area contributed by atoms with Gasteiger partial charge in [0, 0.05) is 17.4 Å². The molecule has 11 heteroatoms. The highest BCUT2D eigenvalue weighted by atomic mass is 35.6. The molecule has 0 saturated carbocycles. The van der Waals surface area contributed by atoms with Crippen LogP contribution in [0.15, 0.2) is 35.7 Å². The van der Waals surface area contributed by atoms with Gasteiger partial charge in [-0.1, -0.05) is 72.1 Å². The van der Waals surface area contributed by atoms with E-state index in [2.05, 4.69) is 16.0 Å². The Kier molecular flexibility index (Phi) is 9.84. The van der Waals surface area contributed by atoms with Crippen molar-refractivity contribution in [2.75, 3.05) is 11.9 Å². The fourth-order valence-electron chi connectivity index (χ4n) is 2.62. The van der Waals surface area contributed by atoms with Crippen LogP contribution in [0.1, 0.15) is 37.0 Å². The van der Waals surface area contributed by atoms with Crippen molar-refractivity contribution in [3.63, 3.8) is 0 Å². The highest BCUT2D eigenvalue weighted by Gasteiger charge is 2.34. The molecule has 0 radical (unpaired) electrons. The predicted octanol–water partition coefficient (Wildman–Crippen LogP) is 5.49. The Morgan fingerprint density at radius 2 is 1.84 bits per heavy atom. The lowest BCUT2D eigenvalue weighted by Crippen LogP contribution is -2.56. The van der Waals surface area contributed by atoms with Gasteiger partial charge in [0.05, 0.1) is 6.61 Å². The van der Waals surface area contributed by atoms with Crippen LogP contribution in [0.5, 0.6) is 0 Å². The maximum atomic E-state index is 12.7. The zero-order chi connectivity index (χ0) is 23.0. The first-order valence-corrected chi connectivity index (χ1v) is 11.9. The first kappa shape index (κ1) is 25.7. The second kappa shape index (κ2) is 11.9. The van der Waals surface area contributed by atoms with E-state index in [9.17, 15) is 9.59 Å². The van der Waals surface area contributed by atoms with E-state index in [-0.39, 0.29) is 24.0 Å². The van der Waals surface area contributed by atoms with Crippen LogP contribution in [0.2, 0.25) is 0 Å². The zero-order valence-corrected chi connectivity index (χ0v) is 20.7. The fraction of sp³-hybridized carbons (Fsp3) is 0.350. The minimum absolute atomic E-state index is 0.0696. The average molecular weight is 523 g/mol. The molecule has 1 amide bonds. The number of carbonyl (C=O) groups is 2. The minimum atomic E-state index is -1.86. The Labute approximate surface area is 205 Å². The summed E-state index contributed by atoms with van der Waals surface area (Å²) in [6.45, 7) is 3.82. The third-order valence-electron chi connectivity index (χ3n) is 3.97. The van der Waals surface area contributed by atoms with Crippen molar-refractivity contribution in [2.45, 2.75) is 36.6 Å². The maximum Gasteiger partial charge on any atom is 0.341 e. The molecule has 168 valence electrons. The molecule has 3 N–H and O–H groups in total. The first-order valence-electron chi connectivity index (χ1n) is 9.45. The number of anilines is 1. The fourth-order valence-corrected chi connectivity index (χ4v) is 4.19. The van der Waals surface area contributed by atoms with Crippen molar-refractivity contribution < 1.29 is 14.3 Å². The molecule has 1 aromatic carbocycles. The van der Waals surface area contributed by atoms with Crippen LogP contribution < -0.4 is 16.0 Å². The number of halogens is 3. The summed E-state index contributed by atoms with van der Waals surface area (Å²) in [6, 6.07) is 9.44. The van der Waals surface area contributed by atoms with Gasteiger partial charge in [-0.05, 0) is 31.1 Å². The Bertz CT molecular complexity index is 917. The molecule has 0 unspecified atom stereocenters. The average Bonchev–Trinajstić information content (AvgIpc) is 3.11. The summed E-state index contributed by atoms with van der Waals surface area (Å²) in [5, 5.41) is 10.7. The van der Waals surface area contributed by atoms with Crippen molar-refractivity contribution in [2.24, 2.45) is 0 Å². The first-order chi connectivity index (χ1) is 14.7. The molecule has 0 spiro atoms. The summed E-state index contributed by atoms with van der Waals surface area (Å²) in [6.07, 6.45) is -0.157. The van der Waals surface area contributed by atoms with Crippen LogP contribution in [0.4, 0.5) is 5.00 Å². The van der Waals surface area contributed by atoms with Gasteiger partial charge in [0.25, 0.3) is 0 Å². The second-order valence-electron chi connectivity index (χ2n) is 6.33. The van der Waals surface area contributed by atoms with Gasteiger partial charge in [-0.25, -0.2) is 4.79 Å². The quantitative estimate of drug-likeness (QED) is 0.184. The van der Waals surface area contributed by atoms with Gasteiger partial charge in [-0.15, -0.1) is 11.3 Å². The van der Waals surface area contributed by atoms with Gasteiger partial charge in [0.15, 0.2) is 5.11 Å². The van der Waals surface area contributed by atoms with Crippen LogP contribution in [0.3, 0.4) is 0 Å². The summed E-state index contributed by atoms with van der Waals surface area (Å²) >= 11 is 24.6. The Balaban J connectivity index is 2.26.